The van der Waals surface area contributed by atoms with Crippen molar-refractivity contribution in [3.8, 4) is 0 Å². The van der Waals surface area contributed by atoms with Crippen molar-refractivity contribution in [1.82, 2.24) is 10.6 Å². The van der Waals surface area contributed by atoms with Gasteiger partial charge < -0.3 is 21.1 Å². The van der Waals surface area contributed by atoms with E-state index in [9.17, 15) is 19.2 Å². The summed E-state index contributed by atoms with van der Waals surface area (Å²) in [5.74, 6) is -2.14. The summed E-state index contributed by atoms with van der Waals surface area (Å²) in [4.78, 5) is 46.7. The predicted octanol–water partition coefficient (Wildman–Crippen LogP) is 1.02. The van der Waals surface area contributed by atoms with Gasteiger partial charge in [-0.25, -0.2) is 0 Å². The molecule has 0 unspecified atom stereocenters. The zero-order valence-electron chi connectivity index (χ0n) is 16.1. The number of esters is 1. The third-order valence-corrected chi connectivity index (χ3v) is 4.04. The van der Waals surface area contributed by atoms with Crippen LogP contribution < -0.4 is 16.4 Å². The van der Waals surface area contributed by atoms with Crippen molar-refractivity contribution < 1.29 is 23.9 Å². The van der Waals surface area contributed by atoms with E-state index in [0.717, 1.165) is 32.1 Å². The van der Waals surface area contributed by atoms with E-state index in [1.165, 1.54) is 7.11 Å². The van der Waals surface area contributed by atoms with Crippen LogP contribution >= 0.6 is 0 Å². The lowest BCUT2D eigenvalue weighted by atomic mass is 10.1. The standard InChI is InChI=1S/C18H33N3O5/c1-4-5-6-7-8-9-16(23)21-14(12-15(19)22)17(24)20-11-10-13(2)18(25)26-3/h13-14H,4-12H2,1-3H3,(H2,19,22)(H,20,24)(H,21,23)/t13-,14-/m1/s1. The largest absolute Gasteiger partial charge is 0.469 e. The third-order valence-electron chi connectivity index (χ3n) is 4.04. The molecule has 0 saturated heterocycles. The van der Waals surface area contributed by atoms with Crippen molar-refractivity contribution in [2.24, 2.45) is 11.7 Å². The number of ether oxygens (including phenoxy) is 1. The van der Waals surface area contributed by atoms with E-state index < -0.39 is 17.9 Å². The molecule has 8 nitrogen and oxygen atoms in total. The van der Waals surface area contributed by atoms with E-state index >= 15 is 0 Å². The van der Waals surface area contributed by atoms with Gasteiger partial charge in [-0.2, -0.15) is 0 Å². The fraction of sp³-hybridized carbons (Fsp3) is 0.778. The van der Waals surface area contributed by atoms with Crippen LogP contribution in [0.3, 0.4) is 0 Å². The van der Waals surface area contributed by atoms with Crippen LogP contribution in [0.25, 0.3) is 0 Å². The lowest BCUT2D eigenvalue weighted by Gasteiger charge is -2.18. The molecule has 0 radical (unpaired) electrons. The van der Waals surface area contributed by atoms with Crippen LogP contribution in [-0.4, -0.2) is 43.4 Å². The van der Waals surface area contributed by atoms with Gasteiger partial charge in [-0.05, 0) is 12.8 Å². The maximum absolute atomic E-state index is 12.2. The number of nitrogens with two attached hydrogens (primary N) is 1. The monoisotopic (exact) mass is 371 g/mol. The molecule has 0 fully saturated rings. The van der Waals surface area contributed by atoms with Gasteiger partial charge in [-0.1, -0.05) is 39.5 Å². The van der Waals surface area contributed by atoms with Crippen LogP contribution in [0.15, 0.2) is 0 Å². The molecule has 0 aromatic heterocycles. The summed E-state index contributed by atoms with van der Waals surface area (Å²) < 4.78 is 4.61. The fourth-order valence-electron chi connectivity index (χ4n) is 2.42. The average Bonchev–Trinajstić information content (AvgIpc) is 2.59. The summed E-state index contributed by atoms with van der Waals surface area (Å²) in [6.07, 6.45) is 5.48. The van der Waals surface area contributed by atoms with E-state index in [4.69, 9.17) is 5.73 Å². The fourth-order valence-corrected chi connectivity index (χ4v) is 2.42. The third kappa shape index (κ3) is 11.4. The average molecular weight is 371 g/mol. The summed E-state index contributed by atoms with van der Waals surface area (Å²) in [7, 11) is 1.30. The van der Waals surface area contributed by atoms with Crippen LogP contribution in [0.2, 0.25) is 0 Å². The summed E-state index contributed by atoms with van der Waals surface area (Å²) >= 11 is 0. The molecule has 26 heavy (non-hydrogen) atoms. The van der Waals surface area contributed by atoms with Gasteiger partial charge in [0.05, 0.1) is 19.4 Å². The molecule has 0 aromatic rings. The predicted molar refractivity (Wildman–Crippen MR) is 97.9 cm³/mol. The first kappa shape index (κ1) is 23.9. The molecule has 150 valence electrons. The first-order chi connectivity index (χ1) is 12.3. The number of nitrogens with one attached hydrogen (secondary N) is 2. The quantitative estimate of drug-likeness (QED) is 0.310. The van der Waals surface area contributed by atoms with Gasteiger partial charge in [0, 0.05) is 13.0 Å². The zero-order valence-corrected chi connectivity index (χ0v) is 16.1. The van der Waals surface area contributed by atoms with Gasteiger partial charge in [0.1, 0.15) is 6.04 Å². The Morgan fingerprint density at radius 1 is 1.08 bits per heavy atom. The van der Waals surface area contributed by atoms with E-state index in [2.05, 4.69) is 22.3 Å². The Balaban J connectivity index is 4.35. The Kier molecular flexibility index (Phi) is 12.9. The second-order valence-corrected chi connectivity index (χ2v) is 6.46. The van der Waals surface area contributed by atoms with E-state index in [1.807, 2.05) is 0 Å². The van der Waals surface area contributed by atoms with Crippen molar-refractivity contribution in [3.05, 3.63) is 0 Å². The Morgan fingerprint density at radius 3 is 2.31 bits per heavy atom. The molecule has 4 N–H and O–H groups in total. The number of carbonyl (C=O) groups excluding carboxylic acids is 4. The molecule has 0 aliphatic carbocycles. The summed E-state index contributed by atoms with van der Waals surface area (Å²) in [6.45, 7) is 4.04. The van der Waals surface area contributed by atoms with Crippen molar-refractivity contribution in [1.29, 1.82) is 0 Å². The highest BCUT2D eigenvalue weighted by Gasteiger charge is 2.23. The van der Waals surface area contributed by atoms with Gasteiger partial charge in [0.25, 0.3) is 0 Å². The Labute approximate surface area is 155 Å². The molecule has 8 heteroatoms. The van der Waals surface area contributed by atoms with Crippen molar-refractivity contribution in [2.45, 2.75) is 71.3 Å². The minimum atomic E-state index is -0.996. The van der Waals surface area contributed by atoms with Crippen molar-refractivity contribution >= 4 is 23.7 Å². The molecule has 0 spiro atoms. The molecule has 0 aromatic carbocycles. The number of primary amides is 1. The van der Waals surface area contributed by atoms with E-state index in [1.54, 1.807) is 6.92 Å². The number of hydrogen-bond acceptors (Lipinski definition) is 5. The van der Waals surface area contributed by atoms with Crippen LogP contribution in [-0.2, 0) is 23.9 Å². The summed E-state index contributed by atoms with van der Waals surface area (Å²) in [5, 5.41) is 5.19. The first-order valence-corrected chi connectivity index (χ1v) is 9.25. The van der Waals surface area contributed by atoms with Gasteiger partial charge in [-0.3, -0.25) is 19.2 Å². The zero-order chi connectivity index (χ0) is 19.9. The summed E-state index contributed by atoms with van der Waals surface area (Å²) in [5.41, 5.74) is 5.17. The molecule has 0 aliphatic heterocycles. The minimum Gasteiger partial charge on any atom is -0.469 e. The highest BCUT2D eigenvalue weighted by molar-refractivity contribution is 5.91. The topological polar surface area (TPSA) is 128 Å². The summed E-state index contributed by atoms with van der Waals surface area (Å²) in [6, 6.07) is -0.996. The molecule has 0 heterocycles. The smallest absolute Gasteiger partial charge is 0.308 e. The van der Waals surface area contributed by atoms with Crippen molar-refractivity contribution in [2.75, 3.05) is 13.7 Å². The van der Waals surface area contributed by atoms with Gasteiger partial charge >= 0.3 is 5.97 Å². The Hall–Kier alpha value is -2.12. The van der Waals surface area contributed by atoms with Gasteiger partial charge in [0.2, 0.25) is 17.7 Å². The number of carbonyl (C=O) groups is 4. The number of rotatable bonds is 14. The maximum Gasteiger partial charge on any atom is 0.308 e. The second-order valence-electron chi connectivity index (χ2n) is 6.46. The highest BCUT2D eigenvalue weighted by Crippen LogP contribution is 2.06. The lowest BCUT2D eigenvalue weighted by molar-refractivity contribution is -0.145. The van der Waals surface area contributed by atoms with E-state index in [0.29, 0.717) is 12.8 Å². The molecule has 0 aliphatic rings. The Bertz CT molecular complexity index is 468. The molecule has 2 atom stereocenters. The van der Waals surface area contributed by atoms with Crippen LogP contribution in [0.5, 0.6) is 0 Å². The molecule has 3 amide bonds. The molecular weight excluding hydrogens is 338 g/mol. The molecule has 0 saturated carbocycles. The second kappa shape index (κ2) is 14.1. The minimum absolute atomic E-state index is 0.233. The van der Waals surface area contributed by atoms with E-state index in [-0.39, 0.29) is 30.8 Å². The van der Waals surface area contributed by atoms with Crippen LogP contribution in [0, 0.1) is 5.92 Å². The SMILES string of the molecule is CCCCCCCC(=O)N[C@H](CC(N)=O)C(=O)NCC[C@@H](C)C(=O)OC. The molecule has 0 bridgehead atoms. The highest BCUT2D eigenvalue weighted by atomic mass is 16.5. The maximum atomic E-state index is 12.2. The van der Waals surface area contributed by atoms with Gasteiger partial charge in [-0.15, -0.1) is 0 Å². The number of hydrogen-bond donors (Lipinski definition) is 3. The van der Waals surface area contributed by atoms with Gasteiger partial charge in [0.15, 0.2) is 0 Å². The Morgan fingerprint density at radius 2 is 1.73 bits per heavy atom. The van der Waals surface area contributed by atoms with Crippen LogP contribution in [0.1, 0.15) is 65.2 Å². The number of amides is 3. The first-order valence-electron chi connectivity index (χ1n) is 9.25. The molecule has 0 rings (SSSR count). The van der Waals surface area contributed by atoms with Crippen LogP contribution in [0.4, 0.5) is 0 Å². The molecular formula is C18H33N3O5. The number of unbranched alkanes of at least 4 members (excludes halogenated alkanes) is 4. The van der Waals surface area contributed by atoms with Crippen molar-refractivity contribution in [3.63, 3.8) is 0 Å². The lowest BCUT2D eigenvalue weighted by Crippen LogP contribution is -2.49. The number of methoxy groups -OCH3 is 1. The normalized spacial score (nSPS) is 12.7.